The molecule has 0 saturated carbocycles. The average Bonchev–Trinajstić information content (AvgIpc) is 2.45. The minimum absolute atomic E-state index is 0.134. The Hall–Kier alpha value is -1.11. The van der Waals surface area contributed by atoms with Gasteiger partial charge in [-0.1, -0.05) is 13.3 Å². The average molecular weight is 265 g/mol. The van der Waals surface area contributed by atoms with Crippen molar-refractivity contribution in [1.82, 2.24) is 0 Å². The van der Waals surface area contributed by atoms with E-state index in [1.165, 1.54) is 0 Å². The number of hydrogen-bond acceptors (Lipinski definition) is 5. The van der Waals surface area contributed by atoms with Gasteiger partial charge in [0.1, 0.15) is 6.61 Å². The van der Waals surface area contributed by atoms with Crippen LogP contribution in [0.2, 0.25) is 0 Å². The summed E-state index contributed by atoms with van der Waals surface area (Å²) >= 11 is 0. The van der Waals surface area contributed by atoms with Crippen LogP contribution in [0.25, 0.3) is 0 Å². The van der Waals surface area contributed by atoms with Crippen molar-refractivity contribution in [1.29, 1.82) is 5.26 Å². The first-order chi connectivity index (χ1) is 9.20. The van der Waals surface area contributed by atoms with E-state index in [9.17, 15) is 5.26 Å². The Morgan fingerprint density at radius 1 is 1.42 bits per heavy atom. The molecule has 3 rings (SSSR count). The molecule has 0 radical (unpaired) electrons. The molecule has 104 valence electrons. The van der Waals surface area contributed by atoms with Gasteiger partial charge in [0.2, 0.25) is 0 Å². The molecule has 0 aromatic heterocycles. The first-order valence-electron chi connectivity index (χ1n) is 6.57. The van der Waals surface area contributed by atoms with Crippen LogP contribution in [-0.4, -0.2) is 38.5 Å². The molecule has 3 fully saturated rings. The zero-order valence-corrected chi connectivity index (χ0v) is 11.2. The minimum Gasteiger partial charge on any atom is -0.372 e. The van der Waals surface area contributed by atoms with Gasteiger partial charge in [0.25, 0.3) is 0 Å². The SMILES string of the molecule is C#CCCOCC12OCC(CCC)(CO1)C(C#N)O2. The lowest BCUT2D eigenvalue weighted by molar-refractivity contribution is -0.489. The Morgan fingerprint density at radius 3 is 2.74 bits per heavy atom. The van der Waals surface area contributed by atoms with E-state index in [0.717, 1.165) is 12.8 Å². The summed E-state index contributed by atoms with van der Waals surface area (Å²) in [5.41, 5.74) is -0.343. The van der Waals surface area contributed by atoms with Gasteiger partial charge >= 0.3 is 5.97 Å². The van der Waals surface area contributed by atoms with Crippen LogP contribution in [0.4, 0.5) is 0 Å². The van der Waals surface area contributed by atoms with Crippen LogP contribution in [0.1, 0.15) is 26.2 Å². The second-order valence-corrected chi connectivity index (χ2v) is 5.01. The molecule has 0 aliphatic carbocycles. The van der Waals surface area contributed by atoms with Crippen molar-refractivity contribution in [2.45, 2.75) is 38.3 Å². The van der Waals surface area contributed by atoms with Gasteiger partial charge in [0.05, 0.1) is 31.3 Å². The standard InChI is InChI=1S/C14H19NO4/c1-3-5-7-16-11-14-17-9-13(6-4-2,10-18-14)12(8-15)19-14/h1,12H,4-7,9-11H2,2H3. The van der Waals surface area contributed by atoms with Crippen LogP contribution in [0.3, 0.4) is 0 Å². The van der Waals surface area contributed by atoms with E-state index in [4.69, 9.17) is 25.4 Å². The van der Waals surface area contributed by atoms with E-state index in [0.29, 0.717) is 26.2 Å². The predicted octanol–water partition coefficient (Wildman–Crippen LogP) is 1.44. The zero-order chi connectivity index (χ0) is 13.8. The van der Waals surface area contributed by atoms with Crippen LogP contribution in [0, 0.1) is 29.1 Å². The van der Waals surface area contributed by atoms with Gasteiger partial charge in [-0.3, -0.25) is 0 Å². The maximum absolute atomic E-state index is 9.28. The second kappa shape index (κ2) is 5.90. The van der Waals surface area contributed by atoms with E-state index in [1.54, 1.807) is 0 Å². The molecule has 1 atom stereocenters. The Morgan fingerprint density at radius 2 is 2.16 bits per heavy atom. The molecule has 1 unspecified atom stereocenters. The molecule has 0 aromatic rings. The molecule has 3 saturated heterocycles. The number of nitrogens with zero attached hydrogens (tertiary/aromatic N) is 1. The molecule has 0 amide bonds. The quantitative estimate of drug-likeness (QED) is 0.537. The van der Waals surface area contributed by atoms with Gasteiger partial charge in [-0.05, 0) is 6.42 Å². The third-order valence-electron chi connectivity index (χ3n) is 3.55. The van der Waals surface area contributed by atoms with Gasteiger partial charge in [0, 0.05) is 6.42 Å². The minimum atomic E-state index is -1.23. The highest BCUT2D eigenvalue weighted by molar-refractivity contribution is 5.05. The predicted molar refractivity (Wildman–Crippen MR) is 66.7 cm³/mol. The fraction of sp³-hybridized carbons (Fsp3) is 0.786. The number of fused-ring (bicyclic) bond motifs is 3. The van der Waals surface area contributed by atoms with Crippen LogP contribution < -0.4 is 0 Å². The molecule has 3 aliphatic rings. The Bertz CT molecular complexity index is 387. The van der Waals surface area contributed by atoms with Gasteiger partial charge in [-0.25, -0.2) is 0 Å². The third-order valence-corrected chi connectivity index (χ3v) is 3.55. The molecule has 3 heterocycles. The summed E-state index contributed by atoms with van der Waals surface area (Å²) < 4.78 is 22.4. The third kappa shape index (κ3) is 2.75. The summed E-state index contributed by atoms with van der Waals surface area (Å²) in [5, 5.41) is 9.28. The molecule has 2 bridgehead atoms. The fourth-order valence-electron chi connectivity index (χ4n) is 2.50. The maximum atomic E-state index is 9.28. The summed E-state index contributed by atoms with van der Waals surface area (Å²) in [5.74, 6) is 1.26. The molecule has 5 nitrogen and oxygen atoms in total. The number of rotatable bonds is 6. The summed E-state index contributed by atoms with van der Waals surface area (Å²) in [6.07, 6.45) is 6.97. The fourth-order valence-corrected chi connectivity index (χ4v) is 2.50. The normalized spacial score (nSPS) is 36.7. The largest absolute Gasteiger partial charge is 0.372 e. The van der Waals surface area contributed by atoms with Crippen molar-refractivity contribution >= 4 is 0 Å². The molecular formula is C14H19NO4. The van der Waals surface area contributed by atoms with Crippen molar-refractivity contribution < 1.29 is 18.9 Å². The second-order valence-electron chi connectivity index (χ2n) is 5.01. The van der Waals surface area contributed by atoms with Crippen LogP contribution >= 0.6 is 0 Å². The first kappa shape index (κ1) is 14.3. The highest BCUT2D eigenvalue weighted by Gasteiger charge is 2.58. The summed E-state index contributed by atoms with van der Waals surface area (Å²) in [6.45, 7) is 3.57. The highest BCUT2D eigenvalue weighted by atomic mass is 16.9. The lowest BCUT2D eigenvalue weighted by Crippen LogP contribution is -2.65. The van der Waals surface area contributed by atoms with Gasteiger partial charge < -0.3 is 18.9 Å². The smallest absolute Gasteiger partial charge is 0.309 e. The number of terminal acetylenes is 1. The van der Waals surface area contributed by atoms with Gasteiger partial charge in [0.15, 0.2) is 6.10 Å². The molecule has 19 heavy (non-hydrogen) atoms. The van der Waals surface area contributed by atoms with Gasteiger partial charge in [-0.15, -0.1) is 12.3 Å². The molecule has 5 heteroatoms. The Balaban J connectivity index is 1.97. The monoisotopic (exact) mass is 265 g/mol. The summed E-state index contributed by atoms with van der Waals surface area (Å²) in [6, 6.07) is 2.22. The molecule has 0 N–H and O–H groups in total. The summed E-state index contributed by atoms with van der Waals surface area (Å²) in [4.78, 5) is 0. The topological polar surface area (TPSA) is 60.7 Å². The van der Waals surface area contributed by atoms with Crippen LogP contribution in [0.5, 0.6) is 0 Å². The van der Waals surface area contributed by atoms with E-state index in [1.807, 2.05) is 0 Å². The van der Waals surface area contributed by atoms with Crippen molar-refractivity contribution in [3.05, 3.63) is 0 Å². The zero-order valence-electron chi connectivity index (χ0n) is 11.2. The Kier molecular flexibility index (Phi) is 4.44. The van der Waals surface area contributed by atoms with Crippen LogP contribution in [0.15, 0.2) is 0 Å². The van der Waals surface area contributed by atoms with Crippen molar-refractivity contribution in [2.75, 3.05) is 26.4 Å². The molecule has 0 aromatic carbocycles. The van der Waals surface area contributed by atoms with Crippen LogP contribution in [-0.2, 0) is 18.9 Å². The van der Waals surface area contributed by atoms with E-state index in [-0.39, 0.29) is 12.0 Å². The van der Waals surface area contributed by atoms with Gasteiger partial charge in [-0.2, -0.15) is 5.26 Å². The lowest BCUT2D eigenvalue weighted by atomic mass is 9.78. The van der Waals surface area contributed by atoms with E-state index < -0.39 is 12.1 Å². The van der Waals surface area contributed by atoms with Crippen molar-refractivity contribution in [3.63, 3.8) is 0 Å². The molecular weight excluding hydrogens is 246 g/mol. The Labute approximate surface area is 113 Å². The molecule has 3 aliphatic heterocycles. The first-order valence-corrected chi connectivity index (χ1v) is 6.57. The van der Waals surface area contributed by atoms with Crippen molar-refractivity contribution in [3.8, 4) is 18.4 Å². The number of ether oxygens (including phenoxy) is 4. The van der Waals surface area contributed by atoms with E-state index >= 15 is 0 Å². The highest BCUT2D eigenvalue weighted by Crippen LogP contribution is 2.45. The number of hydrogen-bond donors (Lipinski definition) is 0. The number of nitriles is 1. The van der Waals surface area contributed by atoms with Crippen molar-refractivity contribution in [2.24, 2.45) is 5.41 Å². The summed E-state index contributed by atoms with van der Waals surface area (Å²) in [7, 11) is 0. The molecule has 0 spiro atoms. The maximum Gasteiger partial charge on any atom is 0.309 e. The lowest BCUT2D eigenvalue weighted by Gasteiger charge is -2.53. The van der Waals surface area contributed by atoms with E-state index in [2.05, 4.69) is 18.9 Å².